The van der Waals surface area contributed by atoms with Crippen LogP contribution in [-0.2, 0) is 9.53 Å². The fourth-order valence-electron chi connectivity index (χ4n) is 2.35. The van der Waals surface area contributed by atoms with Crippen molar-refractivity contribution in [3.8, 4) is 0 Å². The Morgan fingerprint density at radius 2 is 1.76 bits per heavy atom. The number of anilines is 1. The number of hydrogen-bond donors (Lipinski definition) is 1. The minimum Gasteiger partial charge on any atom is -0.465 e. The van der Waals surface area contributed by atoms with E-state index in [1.807, 2.05) is 0 Å². The quantitative estimate of drug-likeness (QED) is 0.871. The van der Waals surface area contributed by atoms with Gasteiger partial charge in [-0.1, -0.05) is 0 Å². The van der Waals surface area contributed by atoms with Crippen molar-refractivity contribution >= 4 is 17.6 Å². The maximum atomic E-state index is 13.0. The van der Waals surface area contributed by atoms with Gasteiger partial charge >= 0.3 is 5.97 Å². The van der Waals surface area contributed by atoms with Crippen LogP contribution < -0.4 is 5.32 Å². The summed E-state index contributed by atoms with van der Waals surface area (Å²) in [6, 6.07) is 6.25. The summed E-state index contributed by atoms with van der Waals surface area (Å²) in [5.41, 5.74) is 0.915. The number of esters is 1. The summed E-state index contributed by atoms with van der Waals surface area (Å²) < 4.78 is 30.7. The van der Waals surface area contributed by atoms with E-state index >= 15 is 0 Å². The maximum Gasteiger partial charge on any atom is 0.337 e. The van der Waals surface area contributed by atoms with Gasteiger partial charge < -0.3 is 10.1 Å². The molecule has 0 spiro atoms. The zero-order valence-corrected chi connectivity index (χ0v) is 11.7. The Kier molecular flexibility index (Phi) is 4.55. The summed E-state index contributed by atoms with van der Waals surface area (Å²) in [6.45, 7) is 0. The summed E-state index contributed by atoms with van der Waals surface area (Å²) in [5.74, 6) is -3.73. The van der Waals surface area contributed by atoms with Crippen LogP contribution in [0.3, 0.4) is 0 Å². The summed E-state index contributed by atoms with van der Waals surface area (Å²) in [5, 5.41) is 2.69. The molecule has 0 aromatic heterocycles. The third kappa shape index (κ3) is 4.00. The molecule has 1 saturated carbocycles. The third-order valence-electron chi connectivity index (χ3n) is 3.66. The molecular formula is C15H17F2NO3. The molecule has 4 nitrogen and oxygen atoms in total. The molecule has 1 N–H and O–H groups in total. The Morgan fingerprint density at radius 3 is 2.29 bits per heavy atom. The standard InChI is InChI=1S/C15H17F2NO3/c1-21-14(20)11-2-4-12(5-3-11)18-13(19)10-6-8-15(16,17)9-7-10/h2-5,10H,6-9H2,1H3,(H,18,19). The van der Waals surface area contributed by atoms with E-state index in [4.69, 9.17) is 0 Å². The number of amides is 1. The minimum absolute atomic E-state index is 0.194. The number of ether oxygens (including phenoxy) is 1. The lowest BCUT2D eigenvalue weighted by Gasteiger charge is -2.27. The molecule has 114 valence electrons. The highest BCUT2D eigenvalue weighted by Crippen LogP contribution is 2.36. The van der Waals surface area contributed by atoms with E-state index < -0.39 is 11.9 Å². The summed E-state index contributed by atoms with van der Waals surface area (Å²) in [4.78, 5) is 23.3. The van der Waals surface area contributed by atoms with E-state index in [1.165, 1.54) is 19.2 Å². The lowest BCUT2D eigenvalue weighted by atomic mass is 9.86. The largest absolute Gasteiger partial charge is 0.465 e. The van der Waals surface area contributed by atoms with Crippen molar-refractivity contribution in [3.63, 3.8) is 0 Å². The van der Waals surface area contributed by atoms with Crippen molar-refractivity contribution in [3.05, 3.63) is 29.8 Å². The van der Waals surface area contributed by atoms with E-state index in [-0.39, 0.29) is 37.5 Å². The predicted molar refractivity (Wildman–Crippen MR) is 73.3 cm³/mol. The average Bonchev–Trinajstić information content (AvgIpc) is 2.47. The van der Waals surface area contributed by atoms with Gasteiger partial charge in [0.05, 0.1) is 12.7 Å². The van der Waals surface area contributed by atoms with E-state index in [0.29, 0.717) is 11.3 Å². The van der Waals surface area contributed by atoms with Gasteiger partial charge in [-0.2, -0.15) is 0 Å². The molecule has 6 heteroatoms. The van der Waals surface area contributed by atoms with Crippen LogP contribution in [0.2, 0.25) is 0 Å². The number of benzene rings is 1. The van der Waals surface area contributed by atoms with Crippen LogP contribution in [0.4, 0.5) is 14.5 Å². The van der Waals surface area contributed by atoms with E-state index in [2.05, 4.69) is 10.1 Å². The molecule has 1 amide bonds. The first-order chi connectivity index (χ1) is 9.91. The number of halogens is 2. The lowest BCUT2D eigenvalue weighted by molar-refractivity contribution is -0.124. The van der Waals surface area contributed by atoms with Gasteiger partial charge in [0, 0.05) is 24.4 Å². The van der Waals surface area contributed by atoms with Crippen molar-refractivity contribution in [2.75, 3.05) is 12.4 Å². The van der Waals surface area contributed by atoms with Crippen LogP contribution in [0, 0.1) is 5.92 Å². The van der Waals surface area contributed by atoms with Gasteiger partial charge in [-0.25, -0.2) is 13.6 Å². The second-order valence-electron chi connectivity index (χ2n) is 5.19. The van der Waals surface area contributed by atoms with Gasteiger partial charge in [-0.05, 0) is 37.1 Å². The molecule has 0 atom stereocenters. The molecule has 0 radical (unpaired) electrons. The van der Waals surface area contributed by atoms with E-state index in [0.717, 1.165) is 0 Å². The molecule has 0 saturated heterocycles. The smallest absolute Gasteiger partial charge is 0.337 e. The molecule has 0 heterocycles. The predicted octanol–water partition coefficient (Wildman–Crippen LogP) is 3.24. The lowest BCUT2D eigenvalue weighted by Crippen LogP contribution is -2.31. The first-order valence-corrected chi connectivity index (χ1v) is 6.78. The zero-order valence-electron chi connectivity index (χ0n) is 11.7. The van der Waals surface area contributed by atoms with Crippen molar-refractivity contribution in [1.82, 2.24) is 0 Å². The molecule has 0 unspecified atom stereocenters. The fraction of sp³-hybridized carbons (Fsp3) is 0.467. The highest BCUT2D eigenvalue weighted by molar-refractivity contribution is 5.94. The topological polar surface area (TPSA) is 55.4 Å². The number of hydrogen-bond acceptors (Lipinski definition) is 3. The maximum absolute atomic E-state index is 13.0. The Hall–Kier alpha value is -1.98. The SMILES string of the molecule is COC(=O)c1ccc(NC(=O)C2CCC(F)(F)CC2)cc1. The van der Waals surface area contributed by atoms with E-state index in [9.17, 15) is 18.4 Å². The molecular weight excluding hydrogens is 280 g/mol. The molecule has 1 aromatic carbocycles. The highest BCUT2D eigenvalue weighted by atomic mass is 19.3. The number of nitrogens with one attached hydrogen (secondary N) is 1. The van der Waals surface area contributed by atoms with Crippen molar-refractivity contribution in [2.45, 2.75) is 31.6 Å². The molecule has 0 bridgehead atoms. The van der Waals surface area contributed by atoms with Gasteiger partial charge in [0.1, 0.15) is 0 Å². The molecule has 1 aliphatic carbocycles. The molecule has 1 aromatic rings. The summed E-state index contributed by atoms with van der Waals surface area (Å²) >= 11 is 0. The molecule has 21 heavy (non-hydrogen) atoms. The van der Waals surface area contributed by atoms with Crippen LogP contribution in [0.1, 0.15) is 36.0 Å². The van der Waals surface area contributed by atoms with Gasteiger partial charge in [-0.3, -0.25) is 4.79 Å². The summed E-state index contributed by atoms with van der Waals surface area (Å²) in [6.07, 6.45) is -0.100. The second-order valence-corrected chi connectivity index (χ2v) is 5.19. The third-order valence-corrected chi connectivity index (χ3v) is 3.66. The number of rotatable bonds is 3. The average molecular weight is 297 g/mol. The number of alkyl halides is 2. The highest BCUT2D eigenvalue weighted by Gasteiger charge is 2.37. The minimum atomic E-state index is -2.64. The second kappa shape index (κ2) is 6.20. The Balaban J connectivity index is 1.92. The van der Waals surface area contributed by atoms with Gasteiger partial charge in [0.15, 0.2) is 0 Å². The van der Waals surface area contributed by atoms with Crippen LogP contribution in [0.5, 0.6) is 0 Å². The zero-order chi connectivity index (χ0) is 15.5. The Bertz CT molecular complexity index is 518. The molecule has 0 aliphatic heterocycles. The van der Waals surface area contributed by atoms with Gasteiger partial charge in [0.2, 0.25) is 11.8 Å². The first kappa shape index (κ1) is 15.4. The van der Waals surface area contributed by atoms with Gasteiger partial charge in [0.25, 0.3) is 0 Å². The van der Waals surface area contributed by atoms with Crippen molar-refractivity contribution < 1.29 is 23.1 Å². The van der Waals surface area contributed by atoms with Crippen LogP contribution in [-0.4, -0.2) is 24.9 Å². The number of carbonyl (C=O) groups excluding carboxylic acids is 2. The van der Waals surface area contributed by atoms with Crippen LogP contribution >= 0.6 is 0 Å². The monoisotopic (exact) mass is 297 g/mol. The first-order valence-electron chi connectivity index (χ1n) is 6.78. The molecule has 1 fully saturated rings. The number of carbonyl (C=O) groups is 2. The molecule has 1 aliphatic rings. The Morgan fingerprint density at radius 1 is 1.19 bits per heavy atom. The summed E-state index contributed by atoms with van der Waals surface area (Å²) in [7, 11) is 1.29. The van der Waals surface area contributed by atoms with Crippen molar-refractivity contribution in [2.24, 2.45) is 5.92 Å². The number of methoxy groups -OCH3 is 1. The normalized spacial score (nSPS) is 18.0. The van der Waals surface area contributed by atoms with Crippen LogP contribution in [0.25, 0.3) is 0 Å². The fourth-order valence-corrected chi connectivity index (χ4v) is 2.35. The molecule has 2 rings (SSSR count). The van der Waals surface area contributed by atoms with E-state index in [1.54, 1.807) is 12.1 Å². The van der Waals surface area contributed by atoms with Crippen molar-refractivity contribution in [1.29, 1.82) is 0 Å². The Labute approximate surface area is 121 Å². The van der Waals surface area contributed by atoms with Gasteiger partial charge in [-0.15, -0.1) is 0 Å². The van der Waals surface area contributed by atoms with Crippen LogP contribution in [0.15, 0.2) is 24.3 Å².